The molecule has 1 aliphatic rings. The summed E-state index contributed by atoms with van der Waals surface area (Å²) in [5, 5.41) is 7.68. The van der Waals surface area contributed by atoms with Gasteiger partial charge in [0, 0.05) is 44.1 Å². The molecule has 1 aliphatic heterocycles. The molecule has 0 bridgehead atoms. The van der Waals surface area contributed by atoms with Crippen LogP contribution in [0.3, 0.4) is 0 Å². The molecule has 2 N–H and O–H groups in total. The van der Waals surface area contributed by atoms with Gasteiger partial charge in [0.25, 0.3) is 5.91 Å². The molecule has 0 aliphatic carbocycles. The van der Waals surface area contributed by atoms with Crippen LogP contribution in [0.1, 0.15) is 29.1 Å². The van der Waals surface area contributed by atoms with Crippen molar-refractivity contribution in [2.24, 2.45) is 5.92 Å². The highest BCUT2D eigenvalue weighted by atomic mass is 32.1. The van der Waals surface area contributed by atoms with Crippen molar-refractivity contribution in [1.29, 1.82) is 0 Å². The second kappa shape index (κ2) is 11.3. The van der Waals surface area contributed by atoms with Gasteiger partial charge in [-0.2, -0.15) is 0 Å². The van der Waals surface area contributed by atoms with Crippen LogP contribution in [0.25, 0.3) is 0 Å². The SMILES string of the molecule is CC(C)[C@H](NC(=O)c1cccs1)C(=O)Nc1ccc(N2CCN(Cc3ccccc3)CC2)cc1. The van der Waals surface area contributed by atoms with Crippen LogP contribution < -0.4 is 15.5 Å². The number of carbonyl (C=O) groups excluding carboxylic acids is 2. The van der Waals surface area contributed by atoms with Gasteiger partial charge in [-0.3, -0.25) is 14.5 Å². The summed E-state index contributed by atoms with van der Waals surface area (Å²) >= 11 is 1.36. The van der Waals surface area contributed by atoms with Gasteiger partial charge in [0.05, 0.1) is 4.88 Å². The molecule has 1 aromatic heterocycles. The maximum Gasteiger partial charge on any atom is 0.262 e. The van der Waals surface area contributed by atoms with E-state index in [2.05, 4.69) is 62.9 Å². The van der Waals surface area contributed by atoms with E-state index in [4.69, 9.17) is 0 Å². The number of piperazine rings is 1. The van der Waals surface area contributed by atoms with Crippen molar-refractivity contribution in [1.82, 2.24) is 10.2 Å². The zero-order chi connectivity index (χ0) is 23.9. The third-order valence-corrected chi connectivity index (χ3v) is 6.97. The minimum atomic E-state index is -0.605. The zero-order valence-corrected chi connectivity index (χ0v) is 20.6. The summed E-state index contributed by atoms with van der Waals surface area (Å²) in [6, 6.07) is 21.5. The van der Waals surface area contributed by atoms with Crippen LogP contribution in [0, 0.1) is 5.92 Å². The summed E-state index contributed by atoms with van der Waals surface area (Å²) in [7, 11) is 0. The maximum absolute atomic E-state index is 12.9. The number of amides is 2. The Balaban J connectivity index is 1.29. The molecular weight excluding hydrogens is 444 g/mol. The van der Waals surface area contributed by atoms with Gasteiger partial charge in [0.15, 0.2) is 0 Å². The first kappa shape index (κ1) is 24.0. The quantitative estimate of drug-likeness (QED) is 0.504. The van der Waals surface area contributed by atoms with Gasteiger partial charge >= 0.3 is 0 Å². The summed E-state index contributed by atoms with van der Waals surface area (Å²) in [5.41, 5.74) is 3.23. The van der Waals surface area contributed by atoms with Crippen LogP contribution >= 0.6 is 11.3 Å². The first-order chi connectivity index (χ1) is 16.5. The monoisotopic (exact) mass is 476 g/mol. The number of hydrogen-bond donors (Lipinski definition) is 2. The van der Waals surface area contributed by atoms with Crippen LogP contribution in [0.5, 0.6) is 0 Å². The second-order valence-electron chi connectivity index (χ2n) is 8.96. The van der Waals surface area contributed by atoms with Crippen molar-refractivity contribution < 1.29 is 9.59 Å². The highest BCUT2D eigenvalue weighted by Crippen LogP contribution is 2.21. The lowest BCUT2D eigenvalue weighted by molar-refractivity contribution is -0.118. The van der Waals surface area contributed by atoms with Gasteiger partial charge in [0.1, 0.15) is 6.04 Å². The van der Waals surface area contributed by atoms with E-state index in [1.807, 2.05) is 37.4 Å². The molecule has 2 heterocycles. The predicted molar refractivity (Wildman–Crippen MR) is 139 cm³/mol. The van der Waals surface area contributed by atoms with E-state index in [1.165, 1.54) is 16.9 Å². The molecule has 4 rings (SSSR count). The number of carbonyl (C=O) groups is 2. The topological polar surface area (TPSA) is 64.7 Å². The summed E-state index contributed by atoms with van der Waals surface area (Å²) in [4.78, 5) is 30.8. The molecule has 1 fully saturated rings. The van der Waals surface area contributed by atoms with Gasteiger partial charge < -0.3 is 15.5 Å². The van der Waals surface area contributed by atoms with E-state index in [1.54, 1.807) is 6.07 Å². The number of nitrogens with zero attached hydrogens (tertiary/aromatic N) is 2. The predicted octanol–water partition coefficient (Wildman–Crippen LogP) is 4.46. The first-order valence-corrected chi connectivity index (χ1v) is 12.6. The molecule has 1 atom stereocenters. The molecule has 178 valence electrons. The number of thiophene rings is 1. The molecule has 6 nitrogen and oxygen atoms in total. The third-order valence-electron chi connectivity index (χ3n) is 6.10. The van der Waals surface area contributed by atoms with Gasteiger partial charge in [-0.25, -0.2) is 0 Å². The third kappa shape index (κ3) is 6.24. The number of benzene rings is 2. The number of nitrogens with one attached hydrogen (secondary N) is 2. The van der Waals surface area contributed by atoms with Crippen molar-refractivity contribution >= 4 is 34.5 Å². The average molecular weight is 477 g/mol. The minimum Gasteiger partial charge on any atom is -0.369 e. The van der Waals surface area contributed by atoms with E-state index in [9.17, 15) is 9.59 Å². The summed E-state index contributed by atoms with van der Waals surface area (Å²) in [6.45, 7) is 8.84. The van der Waals surface area contributed by atoms with Gasteiger partial charge in [-0.15, -0.1) is 11.3 Å². The van der Waals surface area contributed by atoms with Crippen molar-refractivity contribution in [2.45, 2.75) is 26.4 Å². The van der Waals surface area contributed by atoms with Crippen LogP contribution in [-0.4, -0.2) is 48.9 Å². The molecule has 0 spiro atoms. The molecule has 1 saturated heterocycles. The molecule has 2 amide bonds. The van der Waals surface area contributed by atoms with Gasteiger partial charge in [-0.05, 0) is 47.2 Å². The Kier molecular flexibility index (Phi) is 7.98. The number of anilines is 2. The normalized spacial score (nSPS) is 15.2. The summed E-state index contributed by atoms with van der Waals surface area (Å²) < 4.78 is 0. The lowest BCUT2D eigenvalue weighted by Crippen LogP contribution is -2.47. The largest absolute Gasteiger partial charge is 0.369 e. The second-order valence-corrected chi connectivity index (χ2v) is 9.91. The molecular formula is C27H32N4O2S. The van der Waals surface area contributed by atoms with Gasteiger partial charge in [-0.1, -0.05) is 50.2 Å². The van der Waals surface area contributed by atoms with Crippen molar-refractivity contribution in [3.63, 3.8) is 0 Å². The van der Waals surface area contributed by atoms with E-state index >= 15 is 0 Å². The van der Waals surface area contributed by atoms with Crippen LogP contribution in [-0.2, 0) is 11.3 Å². The Bertz CT molecular complexity index is 1060. The van der Waals surface area contributed by atoms with E-state index in [0.717, 1.165) is 44.1 Å². The fraction of sp³-hybridized carbons (Fsp3) is 0.333. The Hall–Kier alpha value is -3.16. The lowest BCUT2D eigenvalue weighted by Gasteiger charge is -2.36. The standard InChI is InChI=1S/C27H32N4O2S/c1-20(2)25(29-26(32)24-9-6-18-34-24)27(33)28-22-10-12-23(13-11-22)31-16-14-30(15-17-31)19-21-7-4-3-5-8-21/h3-13,18,20,25H,14-17,19H2,1-2H3,(H,28,33)(H,29,32)/t25-/m0/s1. The summed E-state index contributed by atoms with van der Waals surface area (Å²) in [6.07, 6.45) is 0. The first-order valence-electron chi connectivity index (χ1n) is 11.8. The highest BCUT2D eigenvalue weighted by Gasteiger charge is 2.25. The Labute approximate surface area is 205 Å². The fourth-order valence-corrected chi connectivity index (χ4v) is 4.76. The molecule has 0 radical (unpaired) electrons. The van der Waals surface area contributed by atoms with Crippen molar-refractivity contribution in [3.8, 4) is 0 Å². The average Bonchev–Trinajstić information content (AvgIpc) is 3.39. The van der Waals surface area contributed by atoms with Gasteiger partial charge in [0.2, 0.25) is 5.91 Å². The van der Waals surface area contributed by atoms with Crippen LogP contribution in [0.15, 0.2) is 72.1 Å². The highest BCUT2D eigenvalue weighted by molar-refractivity contribution is 7.12. The Morgan fingerprint density at radius 1 is 0.912 bits per heavy atom. The van der Waals surface area contributed by atoms with E-state index in [0.29, 0.717) is 4.88 Å². The van der Waals surface area contributed by atoms with E-state index in [-0.39, 0.29) is 17.7 Å². The zero-order valence-electron chi connectivity index (χ0n) is 19.7. The Morgan fingerprint density at radius 3 is 2.24 bits per heavy atom. The van der Waals surface area contributed by atoms with Crippen LogP contribution in [0.4, 0.5) is 11.4 Å². The Morgan fingerprint density at radius 2 is 1.62 bits per heavy atom. The molecule has 0 saturated carbocycles. The van der Waals surface area contributed by atoms with Crippen LogP contribution in [0.2, 0.25) is 0 Å². The summed E-state index contributed by atoms with van der Waals surface area (Å²) in [5.74, 6) is -0.455. The van der Waals surface area contributed by atoms with Crippen molar-refractivity contribution in [2.75, 3.05) is 36.4 Å². The van der Waals surface area contributed by atoms with Crippen molar-refractivity contribution in [3.05, 3.63) is 82.6 Å². The smallest absolute Gasteiger partial charge is 0.262 e. The molecule has 0 unspecified atom stereocenters. The number of hydrogen-bond acceptors (Lipinski definition) is 5. The maximum atomic E-state index is 12.9. The molecule has 34 heavy (non-hydrogen) atoms. The molecule has 7 heteroatoms. The number of rotatable bonds is 8. The minimum absolute atomic E-state index is 0.0321. The molecule has 3 aromatic rings. The molecule has 2 aromatic carbocycles. The van der Waals surface area contributed by atoms with E-state index < -0.39 is 6.04 Å². The fourth-order valence-electron chi connectivity index (χ4n) is 4.14. The lowest BCUT2D eigenvalue weighted by atomic mass is 10.0.